The number of hydrogen-bond acceptors (Lipinski definition) is 5. The molecular formula is C6H11O5. The molecule has 0 aliphatic rings. The minimum absolute atomic E-state index is 1.08. The van der Waals surface area contributed by atoms with Crippen LogP contribution in [0.4, 0.5) is 0 Å². The predicted octanol–water partition coefficient (Wildman–Crippen LogP) is -2.44. The molecule has 5 nitrogen and oxygen atoms in total. The van der Waals surface area contributed by atoms with Crippen LogP contribution < -0.4 is 0 Å². The zero-order valence-corrected chi connectivity index (χ0v) is 6.01. The van der Waals surface area contributed by atoms with Gasteiger partial charge in [0.25, 0.3) is 0 Å². The molecule has 4 atom stereocenters. The van der Waals surface area contributed by atoms with E-state index in [4.69, 9.17) is 20.4 Å². The van der Waals surface area contributed by atoms with E-state index in [2.05, 4.69) is 0 Å². The summed E-state index contributed by atoms with van der Waals surface area (Å²) in [6, 6.07) is 0. The summed E-state index contributed by atoms with van der Waals surface area (Å²) in [6.07, 6.45) is -5.12. The van der Waals surface area contributed by atoms with Gasteiger partial charge in [0.05, 0.1) is 6.10 Å². The van der Waals surface area contributed by atoms with E-state index >= 15 is 0 Å². The lowest BCUT2D eigenvalue weighted by atomic mass is 10.1. The number of aliphatic hydroxyl groups is 4. The summed E-state index contributed by atoms with van der Waals surface area (Å²) in [7, 11) is 0. The molecule has 0 aromatic carbocycles. The van der Waals surface area contributed by atoms with Crippen LogP contribution in [0.1, 0.15) is 6.92 Å². The van der Waals surface area contributed by atoms with Crippen molar-refractivity contribution in [3.8, 4) is 0 Å². The Balaban J connectivity index is 4.00. The first-order valence-corrected chi connectivity index (χ1v) is 3.10. The molecule has 1 radical (unpaired) electrons. The first-order valence-electron chi connectivity index (χ1n) is 3.10. The van der Waals surface area contributed by atoms with Crippen molar-refractivity contribution in [2.45, 2.75) is 31.3 Å². The highest BCUT2D eigenvalue weighted by molar-refractivity contribution is 5.57. The Kier molecular flexibility index (Phi) is 4.20. The SMILES string of the molecule is C[C@@H](O)[C@@H](O)[C@H](O)[C@@H](O)[C]=O. The lowest BCUT2D eigenvalue weighted by molar-refractivity contribution is -0.0832. The van der Waals surface area contributed by atoms with Crippen LogP contribution in [0.3, 0.4) is 0 Å². The van der Waals surface area contributed by atoms with E-state index in [9.17, 15) is 4.79 Å². The van der Waals surface area contributed by atoms with Crippen LogP contribution >= 0.6 is 0 Å². The molecule has 0 amide bonds. The Morgan fingerprint density at radius 2 is 1.55 bits per heavy atom. The van der Waals surface area contributed by atoms with Crippen molar-refractivity contribution in [3.05, 3.63) is 0 Å². The van der Waals surface area contributed by atoms with Crippen LogP contribution in [-0.2, 0) is 4.79 Å². The maximum absolute atomic E-state index is 9.75. The van der Waals surface area contributed by atoms with Gasteiger partial charge in [-0.1, -0.05) is 0 Å². The molecule has 0 heterocycles. The van der Waals surface area contributed by atoms with Gasteiger partial charge in [-0.2, -0.15) is 0 Å². The van der Waals surface area contributed by atoms with Crippen molar-refractivity contribution in [2.75, 3.05) is 0 Å². The zero-order chi connectivity index (χ0) is 9.02. The average molecular weight is 163 g/mol. The van der Waals surface area contributed by atoms with Gasteiger partial charge in [0, 0.05) is 0 Å². The molecule has 0 spiro atoms. The van der Waals surface area contributed by atoms with Gasteiger partial charge in [-0.3, -0.25) is 4.79 Å². The first kappa shape index (κ1) is 10.5. The van der Waals surface area contributed by atoms with E-state index in [1.54, 1.807) is 0 Å². The van der Waals surface area contributed by atoms with Crippen molar-refractivity contribution >= 4 is 6.29 Å². The van der Waals surface area contributed by atoms with Crippen LogP contribution in [0.25, 0.3) is 0 Å². The summed E-state index contributed by atoms with van der Waals surface area (Å²) in [5, 5.41) is 35.0. The monoisotopic (exact) mass is 163 g/mol. The fraction of sp³-hybridized carbons (Fsp3) is 0.833. The molecule has 0 saturated heterocycles. The van der Waals surface area contributed by atoms with E-state index in [1.807, 2.05) is 0 Å². The minimum atomic E-state index is -1.78. The third kappa shape index (κ3) is 2.94. The quantitative estimate of drug-likeness (QED) is 0.369. The fourth-order valence-corrected chi connectivity index (χ4v) is 0.542. The summed E-state index contributed by atoms with van der Waals surface area (Å²) in [4.78, 5) is 9.75. The van der Waals surface area contributed by atoms with E-state index in [0.29, 0.717) is 0 Å². The van der Waals surface area contributed by atoms with E-state index in [0.717, 1.165) is 6.29 Å². The molecular weight excluding hydrogens is 152 g/mol. The van der Waals surface area contributed by atoms with E-state index < -0.39 is 24.4 Å². The molecule has 0 bridgehead atoms. The number of aliphatic hydroxyl groups excluding tert-OH is 4. The van der Waals surface area contributed by atoms with Gasteiger partial charge in [0.2, 0.25) is 6.29 Å². The van der Waals surface area contributed by atoms with Crippen molar-refractivity contribution in [1.82, 2.24) is 0 Å². The molecule has 0 aromatic heterocycles. The van der Waals surface area contributed by atoms with E-state index in [-0.39, 0.29) is 0 Å². The van der Waals surface area contributed by atoms with Gasteiger partial charge in [-0.25, -0.2) is 0 Å². The fourth-order valence-electron chi connectivity index (χ4n) is 0.542. The van der Waals surface area contributed by atoms with Crippen molar-refractivity contribution < 1.29 is 25.2 Å². The summed E-state index contributed by atoms with van der Waals surface area (Å²) in [5.74, 6) is 0. The number of rotatable bonds is 4. The largest absolute Gasteiger partial charge is 0.391 e. The molecule has 11 heavy (non-hydrogen) atoms. The second-order valence-corrected chi connectivity index (χ2v) is 2.28. The van der Waals surface area contributed by atoms with Crippen molar-refractivity contribution in [1.29, 1.82) is 0 Å². The second kappa shape index (κ2) is 4.40. The van der Waals surface area contributed by atoms with Crippen LogP contribution in [0, 0.1) is 0 Å². The summed E-state index contributed by atoms with van der Waals surface area (Å²) in [6.45, 7) is 1.23. The highest BCUT2D eigenvalue weighted by Crippen LogP contribution is 2.02. The summed E-state index contributed by atoms with van der Waals surface area (Å²) in [5.41, 5.74) is 0. The molecule has 0 rings (SSSR count). The molecule has 0 aliphatic carbocycles. The third-order valence-electron chi connectivity index (χ3n) is 1.29. The third-order valence-corrected chi connectivity index (χ3v) is 1.29. The predicted molar refractivity (Wildman–Crippen MR) is 35.4 cm³/mol. The smallest absolute Gasteiger partial charge is 0.232 e. The highest BCUT2D eigenvalue weighted by atomic mass is 16.4. The number of carbonyl (C=O) groups excluding carboxylic acids is 1. The molecule has 65 valence electrons. The van der Waals surface area contributed by atoms with E-state index in [1.165, 1.54) is 6.92 Å². The van der Waals surface area contributed by atoms with Gasteiger partial charge in [-0.05, 0) is 6.92 Å². The number of hydrogen-bond donors (Lipinski definition) is 4. The average Bonchev–Trinajstić information content (AvgIpc) is 2.00. The van der Waals surface area contributed by atoms with Crippen LogP contribution in [0.5, 0.6) is 0 Å². The van der Waals surface area contributed by atoms with Crippen LogP contribution in [-0.4, -0.2) is 51.1 Å². The first-order chi connectivity index (χ1) is 5.00. The Bertz CT molecular complexity index is 124. The summed E-state index contributed by atoms with van der Waals surface area (Å²) < 4.78 is 0. The van der Waals surface area contributed by atoms with Crippen molar-refractivity contribution in [3.63, 3.8) is 0 Å². The van der Waals surface area contributed by atoms with Gasteiger partial charge in [-0.15, -0.1) is 0 Å². The van der Waals surface area contributed by atoms with Crippen molar-refractivity contribution in [2.24, 2.45) is 0 Å². The standard InChI is InChI=1S/C6H11O5/c1-3(8)5(10)6(11)4(9)2-7/h3-6,8-11H,1H3/t3-,4+,5-,6-/m1/s1. The van der Waals surface area contributed by atoms with Crippen LogP contribution in [0.2, 0.25) is 0 Å². The Morgan fingerprint density at radius 1 is 1.09 bits per heavy atom. The molecule has 0 saturated carbocycles. The molecule has 0 fully saturated rings. The Hall–Kier alpha value is -0.490. The van der Waals surface area contributed by atoms with Gasteiger partial charge in [0.1, 0.15) is 18.3 Å². The Labute approximate surface area is 63.9 Å². The minimum Gasteiger partial charge on any atom is -0.391 e. The highest BCUT2D eigenvalue weighted by Gasteiger charge is 2.27. The lowest BCUT2D eigenvalue weighted by Gasteiger charge is -2.20. The molecule has 5 heteroatoms. The van der Waals surface area contributed by atoms with Gasteiger partial charge in [0.15, 0.2) is 0 Å². The Morgan fingerprint density at radius 3 is 1.82 bits per heavy atom. The molecule has 4 N–H and O–H groups in total. The lowest BCUT2D eigenvalue weighted by Crippen LogP contribution is -2.43. The van der Waals surface area contributed by atoms with Gasteiger partial charge < -0.3 is 20.4 Å². The van der Waals surface area contributed by atoms with Gasteiger partial charge >= 0.3 is 0 Å². The summed E-state index contributed by atoms with van der Waals surface area (Å²) >= 11 is 0. The molecule has 0 aromatic rings. The normalized spacial score (nSPS) is 21.9. The molecule has 0 aliphatic heterocycles. The maximum Gasteiger partial charge on any atom is 0.232 e. The maximum atomic E-state index is 9.75. The topological polar surface area (TPSA) is 98.0 Å². The van der Waals surface area contributed by atoms with Crippen LogP contribution in [0.15, 0.2) is 0 Å². The molecule has 0 unspecified atom stereocenters. The second-order valence-electron chi connectivity index (χ2n) is 2.28. The zero-order valence-electron chi connectivity index (χ0n) is 6.01.